The third-order valence-corrected chi connectivity index (χ3v) is 2.70. The lowest BCUT2D eigenvalue weighted by Crippen LogP contribution is -2.32. The third kappa shape index (κ3) is 2.20. The lowest BCUT2D eigenvalue weighted by Gasteiger charge is -2.06. The average molecular weight is 234 g/mol. The van der Waals surface area contributed by atoms with E-state index in [1.54, 1.807) is 12.4 Å². The van der Waals surface area contributed by atoms with E-state index in [9.17, 15) is 9.59 Å². The molecule has 0 aliphatic heterocycles. The zero-order valence-corrected chi connectivity index (χ0v) is 9.80. The molecule has 0 amide bonds. The van der Waals surface area contributed by atoms with Crippen LogP contribution in [0.1, 0.15) is 18.3 Å². The van der Waals surface area contributed by atoms with Crippen LogP contribution in [0.25, 0.3) is 0 Å². The molecular formula is C11H14N4O2. The topological polar surface area (TPSA) is 72.7 Å². The maximum absolute atomic E-state index is 11.6. The van der Waals surface area contributed by atoms with Gasteiger partial charge in [0.15, 0.2) is 0 Å². The van der Waals surface area contributed by atoms with Crippen molar-refractivity contribution < 1.29 is 0 Å². The van der Waals surface area contributed by atoms with Gasteiger partial charge in [0.05, 0.1) is 6.54 Å². The van der Waals surface area contributed by atoms with Gasteiger partial charge in [0.1, 0.15) is 5.82 Å². The normalized spacial score (nSPS) is 10.7. The fraction of sp³-hybridized carbons (Fsp3) is 0.364. The zero-order chi connectivity index (χ0) is 12.4. The highest BCUT2D eigenvalue weighted by atomic mass is 16.2. The number of H-pyrrole nitrogens is 1. The van der Waals surface area contributed by atoms with Crippen molar-refractivity contribution >= 4 is 0 Å². The molecule has 2 aromatic rings. The molecule has 0 bridgehead atoms. The lowest BCUT2D eigenvalue weighted by atomic mass is 10.2. The summed E-state index contributed by atoms with van der Waals surface area (Å²) < 4.78 is 3.30. The number of hydrogen-bond acceptors (Lipinski definition) is 3. The Bertz CT molecular complexity index is 635. The fourth-order valence-corrected chi connectivity index (χ4v) is 1.63. The largest absolute Gasteiger partial charge is 0.337 e. The first kappa shape index (κ1) is 11.4. The van der Waals surface area contributed by atoms with Gasteiger partial charge in [-0.05, 0) is 6.42 Å². The summed E-state index contributed by atoms with van der Waals surface area (Å²) in [4.78, 5) is 29.5. The van der Waals surface area contributed by atoms with Crippen LogP contribution in [0, 0.1) is 0 Å². The summed E-state index contributed by atoms with van der Waals surface area (Å²) in [5.41, 5.74) is -0.123. The first-order chi connectivity index (χ1) is 8.11. The van der Waals surface area contributed by atoms with Crippen LogP contribution in [0.15, 0.2) is 28.2 Å². The fourth-order valence-electron chi connectivity index (χ4n) is 1.63. The Hall–Kier alpha value is -2.11. The van der Waals surface area contributed by atoms with E-state index in [0.717, 1.165) is 5.82 Å². The molecule has 17 heavy (non-hydrogen) atoms. The van der Waals surface area contributed by atoms with Crippen LogP contribution >= 0.6 is 0 Å². The number of rotatable bonds is 3. The predicted molar refractivity (Wildman–Crippen MR) is 63.0 cm³/mol. The number of nitrogens with one attached hydrogen (secondary N) is 1. The molecule has 0 unspecified atom stereocenters. The molecule has 2 heterocycles. The van der Waals surface area contributed by atoms with Crippen molar-refractivity contribution in [2.75, 3.05) is 0 Å². The van der Waals surface area contributed by atoms with Crippen LogP contribution in [-0.4, -0.2) is 19.1 Å². The Morgan fingerprint density at radius 2 is 2.18 bits per heavy atom. The van der Waals surface area contributed by atoms with Crippen molar-refractivity contribution in [2.24, 2.45) is 7.05 Å². The van der Waals surface area contributed by atoms with Gasteiger partial charge in [-0.2, -0.15) is 0 Å². The van der Waals surface area contributed by atoms with E-state index in [4.69, 9.17) is 0 Å². The number of aromatic amines is 1. The van der Waals surface area contributed by atoms with E-state index >= 15 is 0 Å². The Kier molecular flexibility index (Phi) is 2.95. The maximum atomic E-state index is 11.6. The maximum Gasteiger partial charge on any atom is 0.328 e. The van der Waals surface area contributed by atoms with Crippen LogP contribution in [0.5, 0.6) is 0 Å². The molecule has 0 aliphatic carbocycles. The van der Waals surface area contributed by atoms with Crippen LogP contribution in [0.3, 0.4) is 0 Å². The molecule has 6 nitrogen and oxygen atoms in total. The first-order valence-electron chi connectivity index (χ1n) is 5.40. The van der Waals surface area contributed by atoms with Gasteiger partial charge in [-0.1, -0.05) is 6.92 Å². The minimum Gasteiger partial charge on any atom is -0.337 e. The van der Waals surface area contributed by atoms with Gasteiger partial charge < -0.3 is 4.57 Å². The number of hydrogen-bond donors (Lipinski definition) is 1. The highest BCUT2D eigenvalue weighted by Crippen LogP contribution is 1.97. The van der Waals surface area contributed by atoms with Crippen molar-refractivity contribution in [3.63, 3.8) is 0 Å². The van der Waals surface area contributed by atoms with E-state index in [0.29, 0.717) is 18.5 Å². The molecule has 0 aliphatic rings. The molecule has 0 aromatic carbocycles. The molecule has 0 fully saturated rings. The minimum atomic E-state index is -0.407. The number of imidazole rings is 1. The Morgan fingerprint density at radius 1 is 1.41 bits per heavy atom. The van der Waals surface area contributed by atoms with Crippen molar-refractivity contribution in [3.8, 4) is 0 Å². The average Bonchev–Trinajstić information content (AvgIpc) is 2.68. The van der Waals surface area contributed by atoms with Crippen LogP contribution in [0.2, 0.25) is 0 Å². The molecule has 0 saturated heterocycles. The molecule has 0 saturated carbocycles. The second-order valence-electron chi connectivity index (χ2n) is 3.85. The van der Waals surface area contributed by atoms with Crippen LogP contribution in [-0.2, 0) is 20.0 Å². The molecular weight excluding hydrogens is 220 g/mol. The molecule has 90 valence electrons. The van der Waals surface area contributed by atoms with Gasteiger partial charge in [0.25, 0.3) is 5.56 Å². The molecule has 0 spiro atoms. The number of aromatic nitrogens is 4. The van der Waals surface area contributed by atoms with Crippen molar-refractivity contribution in [3.05, 3.63) is 50.8 Å². The van der Waals surface area contributed by atoms with Crippen molar-refractivity contribution in [1.29, 1.82) is 0 Å². The zero-order valence-electron chi connectivity index (χ0n) is 9.80. The lowest BCUT2D eigenvalue weighted by molar-refractivity contribution is 0.651. The molecule has 6 heteroatoms. The van der Waals surface area contributed by atoms with Crippen LogP contribution in [0.4, 0.5) is 0 Å². The summed E-state index contributed by atoms with van der Waals surface area (Å²) in [6, 6.07) is 0. The predicted octanol–water partition coefficient (Wildman–Crippen LogP) is -0.119. The standard InChI is InChI=1S/C11H14N4O2/c1-3-8-6-15(11(17)13-10(8)16)7-9-12-4-5-14(9)2/h4-6H,3,7H2,1-2H3,(H,13,16,17). The van der Waals surface area contributed by atoms with Gasteiger partial charge in [-0.3, -0.25) is 14.3 Å². The van der Waals surface area contributed by atoms with Gasteiger partial charge in [-0.25, -0.2) is 9.78 Å². The summed E-state index contributed by atoms with van der Waals surface area (Å²) in [5, 5.41) is 0. The molecule has 2 rings (SSSR count). The van der Waals surface area contributed by atoms with Crippen molar-refractivity contribution in [1.82, 2.24) is 19.1 Å². The van der Waals surface area contributed by atoms with E-state index in [2.05, 4.69) is 9.97 Å². The highest BCUT2D eigenvalue weighted by Gasteiger charge is 2.06. The van der Waals surface area contributed by atoms with Gasteiger partial charge >= 0.3 is 5.69 Å². The Morgan fingerprint density at radius 3 is 2.76 bits per heavy atom. The van der Waals surface area contributed by atoms with E-state index in [1.807, 2.05) is 24.7 Å². The minimum absolute atomic E-state index is 0.311. The molecule has 0 atom stereocenters. The SMILES string of the molecule is CCc1cn(Cc2nccn2C)c(=O)[nH]c1=O. The first-order valence-corrected chi connectivity index (χ1v) is 5.40. The molecule has 1 N–H and O–H groups in total. The van der Waals surface area contributed by atoms with Gasteiger partial charge in [-0.15, -0.1) is 0 Å². The summed E-state index contributed by atoms with van der Waals surface area (Å²) in [7, 11) is 1.86. The van der Waals surface area contributed by atoms with Gasteiger partial charge in [0.2, 0.25) is 0 Å². The summed E-state index contributed by atoms with van der Waals surface area (Å²) in [5.74, 6) is 0.765. The highest BCUT2D eigenvalue weighted by molar-refractivity contribution is 5.05. The smallest absolute Gasteiger partial charge is 0.328 e. The van der Waals surface area contributed by atoms with E-state index < -0.39 is 5.69 Å². The van der Waals surface area contributed by atoms with Gasteiger partial charge in [0, 0.05) is 31.2 Å². The monoisotopic (exact) mass is 234 g/mol. The number of nitrogens with zero attached hydrogens (tertiary/aromatic N) is 3. The second kappa shape index (κ2) is 4.40. The van der Waals surface area contributed by atoms with Crippen LogP contribution < -0.4 is 11.2 Å². The van der Waals surface area contributed by atoms with E-state index in [-0.39, 0.29) is 5.56 Å². The second-order valence-corrected chi connectivity index (χ2v) is 3.85. The van der Waals surface area contributed by atoms with Crippen molar-refractivity contribution in [2.45, 2.75) is 19.9 Å². The Balaban J connectivity index is 2.43. The number of aryl methyl sites for hydroxylation is 2. The summed E-state index contributed by atoms with van der Waals surface area (Å²) >= 11 is 0. The quantitative estimate of drug-likeness (QED) is 0.804. The third-order valence-electron chi connectivity index (χ3n) is 2.70. The molecule has 2 aromatic heterocycles. The Labute approximate surface area is 97.6 Å². The molecule has 0 radical (unpaired) electrons. The summed E-state index contributed by atoms with van der Waals surface area (Å²) in [6.45, 7) is 2.23. The van der Waals surface area contributed by atoms with E-state index in [1.165, 1.54) is 4.57 Å². The summed E-state index contributed by atoms with van der Waals surface area (Å²) in [6.07, 6.45) is 5.67.